The van der Waals surface area contributed by atoms with Crippen LogP contribution in [0.15, 0.2) is 48.7 Å². The van der Waals surface area contributed by atoms with E-state index >= 15 is 0 Å². The fourth-order valence-corrected chi connectivity index (χ4v) is 5.33. The first-order valence-electron chi connectivity index (χ1n) is 13.1. The van der Waals surface area contributed by atoms with Crippen LogP contribution in [0.3, 0.4) is 0 Å². The first-order valence-corrected chi connectivity index (χ1v) is 13.5. The van der Waals surface area contributed by atoms with E-state index in [2.05, 4.69) is 20.6 Å². The van der Waals surface area contributed by atoms with Gasteiger partial charge in [-0.15, -0.1) is 0 Å². The van der Waals surface area contributed by atoms with E-state index in [-0.39, 0.29) is 36.1 Å². The van der Waals surface area contributed by atoms with Gasteiger partial charge in [-0.1, -0.05) is 35.9 Å². The van der Waals surface area contributed by atoms with Crippen LogP contribution in [0.25, 0.3) is 11.0 Å². The van der Waals surface area contributed by atoms with Gasteiger partial charge < -0.3 is 20.5 Å². The summed E-state index contributed by atoms with van der Waals surface area (Å²) >= 11 is 6.76. The summed E-state index contributed by atoms with van der Waals surface area (Å²) in [5.41, 5.74) is 1.56. The summed E-state index contributed by atoms with van der Waals surface area (Å²) in [6.45, 7) is 4.38. The number of carbonyl (C=O) groups is 3. The molecular weight excluding hydrogens is 593 g/mol. The topological polar surface area (TPSA) is 158 Å². The van der Waals surface area contributed by atoms with Crippen molar-refractivity contribution in [2.45, 2.75) is 57.0 Å². The molecule has 1 aromatic heterocycles. The molecule has 0 radical (unpaired) electrons. The van der Waals surface area contributed by atoms with Crippen LogP contribution in [0.4, 0.5) is 18.9 Å². The number of nitrogens with zero attached hydrogens (tertiary/aromatic N) is 3. The highest BCUT2D eigenvalue weighted by molar-refractivity contribution is 6.35. The lowest BCUT2D eigenvalue weighted by Crippen LogP contribution is -2.63. The van der Waals surface area contributed by atoms with E-state index in [1.807, 2.05) is 32.0 Å². The largest absolute Gasteiger partial charge is 0.490 e. The van der Waals surface area contributed by atoms with E-state index in [0.717, 1.165) is 0 Å². The number of ether oxygens (including phenoxy) is 1. The molecule has 3 heterocycles. The fourth-order valence-electron chi connectivity index (χ4n) is 4.94. The van der Waals surface area contributed by atoms with Gasteiger partial charge in [-0.3, -0.25) is 24.9 Å². The number of amides is 2. The van der Waals surface area contributed by atoms with Gasteiger partial charge in [0, 0.05) is 12.6 Å². The van der Waals surface area contributed by atoms with Crippen molar-refractivity contribution in [1.29, 1.82) is 5.41 Å². The number of hydrogen-bond acceptors (Lipinski definition) is 7. The summed E-state index contributed by atoms with van der Waals surface area (Å²) in [4.78, 5) is 45.3. The standard InChI is InChI=1S/C26H27ClN6O3.C2HF3O2/c1-15-12-16(10-11-36-15)33-22(34)13-26(2,32-25(33)28)17-6-5-9-20(23(17)27)31-24(35)21-14-29-18-7-3-4-8-19(18)30-21;3-2(4,5)1(6)7/h3-9,14-16H,10-13H2,1-2H3,(H2,28,32)(H,31,35);(H,6,7)/t15-,16-,26+;/m1./s1. The minimum atomic E-state index is -5.08. The molecule has 2 fully saturated rings. The Balaban J connectivity index is 0.000000541. The SMILES string of the molecule is C[C@@H]1C[C@H](N2C(=N)N[C@](C)(c3cccc(NC(=O)c4cnc5ccccc5n4)c3Cl)CC2=O)CCO1.O=C(O)C(F)(F)F. The third-order valence-corrected chi connectivity index (χ3v) is 7.40. The number of para-hydroxylation sites is 2. The van der Waals surface area contributed by atoms with Crippen LogP contribution < -0.4 is 10.6 Å². The summed E-state index contributed by atoms with van der Waals surface area (Å²) in [6.07, 6.45) is -2.12. The van der Waals surface area contributed by atoms with E-state index in [9.17, 15) is 22.8 Å². The highest BCUT2D eigenvalue weighted by Gasteiger charge is 2.44. The van der Waals surface area contributed by atoms with Gasteiger partial charge in [0.2, 0.25) is 5.91 Å². The lowest BCUT2D eigenvalue weighted by molar-refractivity contribution is -0.192. The van der Waals surface area contributed by atoms with E-state index < -0.39 is 23.6 Å². The molecule has 11 nitrogen and oxygen atoms in total. The maximum Gasteiger partial charge on any atom is 0.490 e. The van der Waals surface area contributed by atoms with Gasteiger partial charge in [0.1, 0.15) is 5.69 Å². The van der Waals surface area contributed by atoms with Crippen molar-refractivity contribution in [2.24, 2.45) is 0 Å². The molecule has 2 aliphatic rings. The number of alkyl halides is 3. The number of carboxylic acid groups (broad SMARTS) is 1. The first kappa shape index (κ1) is 31.6. The van der Waals surface area contributed by atoms with Crippen molar-refractivity contribution in [1.82, 2.24) is 20.2 Å². The number of guanidine groups is 1. The molecule has 43 heavy (non-hydrogen) atoms. The van der Waals surface area contributed by atoms with Gasteiger partial charge in [-0.25, -0.2) is 9.78 Å². The van der Waals surface area contributed by atoms with Crippen molar-refractivity contribution in [2.75, 3.05) is 11.9 Å². The van der Waals surface area contributed by atoms with Crippen LogP contribution in [0.2, 0.25) is 5.02 Å². The highest BCUT2D eigenvalue weighted by Crippen LogP contribution is 2.38. The third-order valence-electron chi connectivity index (χ3n) is 7.00. The maximum absolute atomic E-state index is 13.2. The molecule has 15 heteroatoms. The Hall–Kier alpha value is -4.30. The average Bonchev–Trinajstić information content (AvgIpc) is 2.93. The fraction of sp³-hybridized carbons (Fsp3) is 0.357. The van der Waals surface area contributed by atoms with Crippen LogP contribution in [-0.2, 0) is 19.9 Å². The van der Waals surface area contributed by atoms with E-state index in [4.69, 9.17) is 31.6 Å². The van der Waals surface area contributed by atoms with Gasteiger partial charge >= 0.3 is 12.1 Å². The van der Waals surface area contributed by atoms with Crippen molar-refractivity contribution in [3.05, 3.63) is 64.9 Å². The predicted octanol–water partition coefficient (Wildman–Crippen LogP) is 4.71. The quantitative estimate of drug-likeness (QED) is 0.327. The normalized spacial score (nSPS) is 22.3. The lowest BCUT2D eigenvalue weighted by atomic mass is 9.85. The molecule has 0 spiro atoms. The molecule has 5 rings (SSSR count). The Morgan fingerprint density at radius 3 is 2.51 bits per heavy atom. The zero-order valence-electron chi connectivity index (χ0n) is 23.0. The third kappa shape index (κ3) is 7.20. The summed E-state index contributed by atoms with van der Waals surface area (Å²) in [7, 11) is 0. The zero-order chi connectivity index (χ0) is 31.5. The molecule has 3 aromatic rings. The summed E-state index contributed by atoms with van der Waals surface area (Å²) in [5, 5.41) is 22.1. The van der Waals surface area contributed by atoms with Gasteiger partial charge in [0.15, 0.2) is 5.96 Å². The smallest absolute Gasteiger partial charge is 0.475 e. The molecule has 4 N–H and O–H groups in total. The number of anilines is 1. The molecule has 0 bridgehead atoms. The molecule has 2 aromatic carbocycles. The molecular formula is C28H28ClF3N6O5. The van der Waals surface area contributed by atoms with Crippen molar-refractivity contribution >= 4 is 52.1 Å². The number of carbonyl (C=O) groups excluding carboxylic acids is 2. The first-order chi connectivity index (χ1) is 20.2. The number of nitrogens with one attached hydrogen (secondary N) is 3. The molecule has 2 aliphatic heterocycles. The van der Waals surface area contributed by atoms with Gasteiger partial charge in [-0.2, -0.15) is 13.2 Å². The Labute approximate surface area is 248 Å². The number of halogens is 4. The summed E-state index contributed by atoms with van der Waals surface area (Å²) in [5.74, 6) is -3.30. The number of carboxylic acids is 1. The molecule has 3 atom stereocenters. The number of rotatable bonds is 4. The Morgan fingerprint density at radius 1 is 1.21 bits per heavy atom. The van der Waals surface area contributed by atoms with Crippen LogP contribution in [0.5, 0.6) is 0 Å². The molecule has 2 saturated heterocycles. The van der Waals surface area contributed by atoms with E-state index in [1.165, 1.54) is 6.20 Å². The van der Waals surface area contributed by atoms with Crippen molar-refractivity contribution in [3.63, 3.8) is 0 Å². The van der Waals surface area contributed by atoms with Crippen molar-refractivity contribution in [3.8, 4) is 0 Å². The second kappa shape index (κ2) is 12.5. The van der Waals surface area contributed by atoms with Gasteiger partial charge in [0.05, 0.1) is 46.0 Å². The van der Waals surface area contributed by atoms with Gasteiger partial charge in [-0.05, 0) is 50.5 Å². The van der Waals surface area contributed by atoms with Crippen LogP contribution in [0, 0.1) is 5.41 Å². The number of aliphatic carboxylic acids is 1. The second-order valence-electron chi connectivity index (χ2n) is 10.3. The maximum atomic E-state index is 13.2. The molecule has 0 aliphatic carbocycles. The number of aromatic nitrogens is 2. The van der Waals surface area contributed by atoms with Crippen LogP contribution >= 0.6 is 11.6 Å². The van der Waals surface area contributed by atoms with Crippen molar-refractivity contribution < 1.29 is 37.4 Å². The second-order valence-corrected chi connectivity index (χ2v) is 10.7. The van der Waals surface area contributed by atoms with E-state index in [1.54, 1.807) is 29.2 Å². The van der Waals surface area contributed by atoms with E-state index in [0.29, 0.717) is 46.8 Å². The number of hydrogen-bond donors (Lipinski definition) is 4. The summed E-state index contributed by atoms with van der Waals surface area (Å²) in [6, 6.07) is 12.5. The molecule has 0 saturated carbocycles. The molecule has 228 valence electrons. The Bertz CT molecular complexity index is 1550. The number of fused-ring (bicyclic) bond motifs is 1. The summed E-state index contributed by atoms with van der Waals surface area (Å²) < 4.78 is 37.3. The number of benzene rings is 2. The average molecular weight is 621 g/mol. The van der Waals surface area contributed by atoms with Crippen LogP contribution in [-0.4, -0.2) is 68.6 Å². The predicted molar refractivity (Wildman–Crippen MR) is 151 cm³/mol. The molecule has 0 unspecified atom stereocenters. The molecule has 2 amide bonds. The minimum Gasteiger partial charge on any atom is -0.475 e. The Morgan fingerprint density at radius 2 is 1.88 bits per heavy atom. The Kier molecular flexibility index (Phi) is 9.21. The van der Waals surface area contributed by atoms with Gasteiger partial charge in [0.25, 0.3) is 5.91 Å². The monoisotopic (exact) mass is 620 g/mol. The minimum absolute atomic E-state index is 0.0414. The highest BCUT2D eigenvalue weighted by atomic mass is 35.5. The lowest BCUT2D eigenvalue weighted by Gasteiger charge is -2.45. The van der Waals surface area contributed by atoms with Crippen LogP contribution in [0.1, 0.15) is 49.2 Å². The zero-order valence-corrected chi connectivity index (χ0v) is 23.8.